The van der Waals surface area contributed by atoms with Crippen molar-refractivity contribution >= 4 is 45.1 Å². The zero-order valence-corrected chi connectivity index (χ0v) is 33.8. The minimum atomic E-state index is -0.703. The van der Waals surface area contributed by atoms with E-state index in [-0.39, 0.29) is 30.0 Å². The largest absolute Gasteiger partial charge is 0.463 e. The monoisotopic (exact) mass is 806 g/mol. The van der Waals surface area contributed by atoms with Crippen LogP contribution in [0.15, 0.2) is 42.5 Å². The molecule has 0 radical (unpaired) electrons. The van der Waals surface area contributed by atoms with E-state index >= 15 is 0 Å². The molecule has 54 heavy (non-hydrogen) atoms. The molecule has 2 saturated heterocycles. The zero-order chi connectivity index (χ0) is 38.1. The van der Waals surface area contributed by atoms with Crippen molar-refractivity contribution in [3.63, 3.8) is 0 Å². The Kier molecular flexibility index (Phi) is 14.5. The number of hydrogen-bond acceptors (Lipinski definition) is 10. The fraction of sp³-hybridized carbons (Fsp3) is 0.619. The molecule has 12 heteroatoms. The van der Waals surface area contributed by atoms with Gasteiger partial charge in [0, 0.05) is 73.8 Å². The number of ketones is 2. The number of anilines is 1. The second kappa shape index (κ2) is 19.2. The number of benzene rings is 2. The van der Waals surface area contributed by atoms with Crippen LogP contribution < -0.4 is 10.6 Å². The van der Waals surface area contributed by atoms with Crippen molar-refractivity contribution in [2.75, 3.05) is 91.2 Å². The van der Waals surface area contributed by atoms with Crippen LogP contribution in [0.2, 0.25) is 0 Å². The molecule has 2 heterocycles. The van der Waals surface area contributed by atoms with Gasteiger partial charge in [0.25, 0.3) is 0 Å². The third kappa shape index (κ3) is 10.9. The van der Waals surface area contributed by atoms with Gasteiger partial charge < -0.3 is 15.4 Å². The molecular formula is C42H59BrN6O5. The average molecular weight is 808 g/mol. The number of amides is 1. The van der Waals surface area contributed by atoms with Crippen LogP contribution in [-0.4, -0.2) is 133 Å². The highest BCUT2D eigenvalue weighted by molar-refractivity contribution is 9.10. The maximum absolute atomic E-state index is 13.1. The molecule has 2 atom stereocenters. The number of ether oxygens (including phenoxy) is 1. The molecule has 11 nitrogen and oxygen atoms in total. The molecule has 2 N–H and O–H groups in total. The lowest BCUT2D eigenvalue weighted by molar-refractivity contribution is -0.146. The van der Waals surface area contributed by atoms with Crippen molar-refractivity contribution in [3.05, 3.63) is 64.7 Å². The number of carbonyl (C=O) groups excluding carboxylic acids is 4. The molecule has 2 aromatic rings. The van der Waals surface area contributed by atoms with Gasteiger partial charge in [-0.3, -0.25) is 38.8 Å². The highest BCUT2D eigenvalue weighted by Crippen LogP contribution is 2.31. The predicted molar refractivity (Wildman–Crippen MR) is 215 cm³/mol. The summed E-state index contributed by atoms with van der Waals surface area (Å²) in [6.45, 7) is 12.1. The fourth-order valence-electron chi connectivity index (χ4n) is 8.66. The highest BCUT2D eigenvalue weighted by Gasteiger charge is 2.33. The minimum Gasteiger partial charge on any atom is -0.463 e. The summed E-state index contributed by atoms with van der Waals surface area (Å²) in [5.41, 5.74) is 2.01. The maximum atomic E-state index is 13.1. The summed E-state index contributed by atoms with van der Waals surface area (Å²) < 4.78 is 5.08. The Morgan fingerprint density at radius 2 is 1.52 bits per heavy atom. The third-order valence-corrected chi connectivity index (χ3v) is 12.4. The van der Waals surface area contributed by atoms with Crippen LogP contribution in [0.1, 0.15) is 96.6 Å². The van der Waals surface area contributed by atoms with Gasteiger partial charge in [-0.05, 0) is 89.1 Å². The first-order valence-corrected chi connectivity index (χ1v) is 20.9. The van der Waals surface area contributed by atoms with Gasteiger partial charge in [-0.1, -0.05) is 59.5 Å². The van der Waals surface area contributed by atoms with Gasteiger partial charge in [0.1, 0.15) is 10.9 Å². The van der Waals surface area contributed by atoms with Crippen LogP contribution in [0.25, 0.3) is 0 Å². The zero-order valence-electron chi connectivity index (χ0n) is 32.3. The predicted octanol–water partition coefficient (Wildman–Crippen LogP) is 5.22. The summed E-state index contributed by atoms with van der Waals surface area (Å²) in [5, 5.41) is 6.21. The molecule has 294 valence electrons. The minimum absolute atomic E-state index is 0.150. The van der Waals surface area contributed by atoms with Crippen molar-refractivity contribution in [1.29, 1.82) is 0 Å². The van der Waals surface area contributed by atoms with Gasteiger partial charge in [-0.25, -0.2) is 0 Å². The molecular weight excluding hydrogens is 748 g/mol. The molecule has 0 spiro atoms. The summed E-state index contributed by atoms with van der Waals surface area (Å²) in [4.78, 5) is 61.8. The summed E-state index contributed by atoms with van der Waals surface area (Å²) in [5.74, 6) is 0.640. The van der Waals surface area contributed by atoms with Gasteiger partial charge in [0.2, 0.25) is 5.91 Å². The van der Waals surface area contributed by atoms with E-state index in [1.54, 1.807) is 42.5 Å². The molecule has 0 bridgehead atoms. The number of alkyl halides is 1. The molecule has 0 aromatic heterocycles. The average Bonchev–Trinajstić information content (AvgIpc) is 3.94. The third-order valence-electron chi connectivity index (χ3n) is 11.7. The number of hydrogen-bond donors (Lipinski definition) is 2. The number of nitrogens with one attached hydrogen (secondary N) is 2. The van der Waals surface area contributed by atoms with Crippen LogP contribution >= 0.6 is 15.9 Å². The van der Waals surface area contributed by atoms with Crippen molar-refractivity contribution < 1.29 is 23.9 Å². The number of halogens is 1. The van der Waals surface area contributed by atoms with E-state index in [1.807, 2.05) is 14.0 Å². The summed E-state index contributed by atoms with van der Waals surface area (Å²) in [7, 11) is 1.98. The lowest BCUT2D eigenvalue weighted by Crippen LogP contribution is -2.35. The molecule has 2 aliphatic heterocycles. The SMILES string of the molecule is CNCCCC(CCCC(C)(Br)C(=O)OCCN1CCN(CC2CCCC2)C1)CN1CCN(CC(=O)Nc2ccc3c(c2)C(=O)c2ccccc2C3=O)C1. The summed E-state index contributed by atoms with van der Waals surface area (Å²) in [6, 6.07) is 11.8. The highest BCUT2D eigenvalue weighted by atomic mass is 79.9. The Morgan fingerprint density at radius 1 is 0.870 bits per heavy atom. The summed E-state index contributed by atoms with van der Waals surface area (Å²) in [6.07, 6.45) is 10.3. The lowest BCUT2D eigenvalue weighted by Gasteiger charge is -2.26. The Hall–Kier alpha value is -3.00. The van der Waals surface area contributed by atoms with E-state index in [9.17, 15) is 19.2 Å². The van der Waals surface area contributed by atoms with Crippen LogP contribution in [0, 0.1) is 11.8 Å². The van der Waals surface area contributed by atoms with E-state index < -0.39 is 4.32 Å². The Morgan fingerprint density at radius 3 is 2.28 bits per heavy atom. The Labute approximate surface area is 329 Å². The Balaban J connectivity index is 0.909. The quantitative estimate of drug-likeness (QED) is 0.0950. The first kappa shape index (κ1) is 40.7. The van der Waals surface area contributed by atoms with Gasteiger partial charge >= 0.3 is 5.97 Å². The first-order valence-electron chi connectivity index (χ1n) is 20.1. The van der Waals surface area contributed by atoms with Crippen molar-refractivity contribution in [1.82, 2.24) is 24.9 Å². The van der Waals surface area contributed by atoms with E-state index in [1.165, 1.54) is 32.2 Å². The van der Waals surface area contributed by atoms with E-state index in [4.69, 9.17) is 4.74 Å². The smallest absolute Gasteiger partial charge is 0.322 e. The molecule has 1 amide bonds. The van der Waals surface area contributed by atoms with E-state index in [0.717, 1.165) is 84.1 Å². The lowest BCUT2D eigenvalue weighted by atomic mass is 9.84. The normalized spacial score (nSPS) is 20.2. The number of fused-ring (bicyclic) bond motifs is 2. The number of nitrogens with zero attached hydrogens (tertiary/aromatic N) is 4. The Bertz CT molecular complexity index is 1630. The van der Waals surface area contributed by atoms with Crippen LogP contribution in [-0.2, 0) is 14.3 Å². The molecule has 2 aromatic carbocycles. The topological polar surface area (TPSA) is 115 Å². The first-order chi connectivity index (χ1) is 26.1. The van der Waals surface area contributed by atoms with Crippen LogP contribution in [0.4, 0.5) is 5.69 Å². The maximum Gasteiger partial charge on any atom is 0.322 e. The molecule has 3 fully saturated rings. The van der Waals surface area contributed by atoms with Crippen LogP contribution in [0.3, 0.4) is 0 Å². The van der Waals surface area contributed by atoms with Gasteiger partial charge in [-0.15, -0.1) is 0 Å². The molecule has 6 rings (SSSR count). The van der Waals surface area contributed by atoms with E-state index in [0.29, 0.717) is 53.6 Å². The molecule has 4 aliphatic rings. The molecule has 2 aliphatic carbocycles. The second-order valence-corrected chi connectivity index (χ2v) is 17.9. The van der Waals surface area contributed by atoms with Crippen LogP contribution in [0.5, 0.6) is 0 Å². The molecule has 2 unspecified atom stereocenters. The number of esters is 1. The summed E-state index contributed by atoms with van der Waals surface area (Å²) >= 11 is 3.71. The molecule has 1 saturated carbocycles. The van der Waals surface area contributed by atoms with Gasteiger partial charge in [0.15, 0.2) is 11.6 Å². The number of rotatable bonds is 19. The van der Waals surface area contributed by atoms with Gasteiger partial charge in [-0.2, -0.15) is 0 Å². The van der Waals surface area contributed by atoms with Crippen molar-refractivity contribution in [3.8, 4) is 0 Å². The number of carbonyl (C=O) groups is 4. The fourth-order valence-corrected chi connectivity index (χ4v) is 9.06. The van der Waals surface area contributed by atoms with Crippen molar-refractivity contribution in [2.45, 2.75) is 69.0 Å². The second-order valence-electron chi connectivity index (χ2n) is 16.1. The van der Waals surface area contributed by atoms with Gasteiger partial charge in [0.05, 0.1) is 19.9 Å². The van der Waals surface area contributed by atoms with E-state index in [2.05, 4.69) is 46.2 Å². The standard InChI is InChI=1S/C42H59BrN6O5/c1-42(43,41(53)54-24-23-46-19-20-47(29-46)26-31-9-3-4-10-31)17-7-11-32(12-8-18-44-2)27-48-21-22-49(30-48)28-38(50)45-33-15-16-36-37(25-33)40(52)35-14-6-5-13-34(35)39(36)51/h5-6,13-16,25,31-32,44H,3-4,7-12,17-24,26-30H2,1-2H3,(H,45,50). The van der Waals surface area contributed by atoms with Crippen molar-refractivity contribution in [2.24, 2.45) is 11.8 Å².